The van der Waals surface area contributed by atoms with Crippen molar-refractivity contribution in [1.29, 1.82) is 0 Å². The van der Waals surface area contributed by atoms with Crippen molar-refractivity contribution < 1.29 is 0 Å². The minimum Gasteiger partial charge on any atom is -0.306 e. The number of hydrogen-bond donors (Lipinski definition) is 0. The molecular weight excluding hydrogens is 164 g/mol. The topological polar surface area (TPSA) is 34.0 Å². The highest BCUT2D eigenvalue weighted by Crippen LogP contribution is 2.25. The molecule has 0 N–H and O–H groups in total. The summed E-state index contributed by atoms with van der Waals surface area (Å²) in [7, 11) is 4.10. The summed E-state index contributed by atoms with van der Waals surface area (Å²) >= 11 is 0. The lowest BCUT2D eigenvalue weighted by atomic mass is 9.94. The Morgan fingerprint density at radius 2 is 2.00 bits per heavy atom. The molecule has 0 unspecified atom stereocenters. The Labute approximate surface area is 78.5 Å². The van der Waals surface area contributed by atoms with E-state index in [2.05, 4.69) is 22.3 Å². The quantitative estimate of drug-likeness (QED) is 0.635. The maximum Gasteiger partial charge on any atom is 0.0858 e. The highest BCUT2D eigenvalue weighted by Gasteiger charge is 2.20. The number of piperidine rings is 1. The van der Waals surface area contributed by atoms with E-state index < -0.39 is 0 Å². The predicted molar refractivity (Wildman–Crippen MR) is 50.5 cm³/mol. The first-order chi connectivity index (χ1) is 6.25. The van der Waals surface area contributed by atoms with Crippen molar-refractivity contribution in [2.75, 3.05) is 20.1 Å². The normalized spacial score (nSPS) is 20.8. The van der Waals surface area contributed by atoms with Crippen LogP contribution in [0.1, 0.15) is 24.5 Å². The molecule has 4 nitrogen and oxygen atoms in total. The average molecular weight is 180 g/mol. The highest BCUT2D eigenvalue weighted by atomic mass is 15.4. The van der Waals surface area contributed by atoms with Crippen LogP contribution < -0.4 is 0 Å². The summed E-state index contributed by atoms with van der Waals surface area (Å²) in [5.74, 6) is 0.630. The van der Waals surface area contributed by atoms with Crippen molar-refractivity contribution in [1.82, 2.24) is 19.9 Å². The van der Waals surface area contributed by atoms with Gasteiger partial charge in [-0.25, -0.2) is 0 Å². The van der Waals surface area contributed by atoms with E-state index in [1.165, 1.54) is 25.9 Å². The summed E-state index contributed by atoms with van der Waals surface area (Å²) in [6.07, 6.45) is 4.47. The zero-order chi connectivity index (χ0) is 9.26. The lowest BCUT2D eigenvalue weighted by Crippen LogP contribution is -2.29. The van der Waals surface area contributed by atoms with Crippen molar-refractivity contribution in [3.8, 4) is 0 Å². The minimum atomic E-state index is 0.630. The van der Waals surface area contributed by atoms with Crippen molar-refractivity contribution in [2.24, 2.45) is 7.05 Å². The molecule has 0 atom stereocenters. The molecular formula is C9H16N4. The first kappa shape index (κ1) is 8.69. The molecule has 1 fully saturated rings. The van der Waals surface area contributed by atoms with Crippen LogP contribution in [0.3, 0.4) is 0 Å². The molecule has 4 heteroatoms. The number of aryl methyl sites for hydroxylation is 1. The second-order valence-corrected chi connectivity index (χ2v) is 3.89. The van der Waals surface area contributed by atoms with E-state index in [9.17, 15) is 0 Å². The van der Waals surface area contributed by atoms with Gasteiger partial charge in [0.25, 0.3) is 0 Å². The highest BCUT2D eigenvalue weighted by molar-refractivity contribution is 5.03. The Morgan fingerprint density at radius 3 is 2.54 bits per heavy atom. The molecule has 1 aromatic heterocycles. The van der Waals surface area contributed by atoms with E-state index in [0.717, 1.165) is 5.69 Å². The molecule has 2 heterocycles. The third-order valence-electron chi connectivity index (χ3n) is 2.76. The van der Waals surface area contributed by atoms with Crippen LogP contribution in [-0.2, 0) is 7.05 Å². The number of aromatic nitrogens is 3. The zero-order valence-electron chi connectivity index (χ0n) is 8.27. The summed E-state index contributed by atoms with van der Waals surface area (Å²) in [4.78, 5) is 2.37. The third-order valence-corrected chi connectivity index (χ3v) is 2.76. The Hall–Kier alpha value is -0.900. The van der Waals surface area contributed by atoms with Crippen LogP contribution in [-0.4, -0.2) is 40.0 Å². The van der Waals surface area contributed by atoms with Crippen LogP contribution in [0.2, 0.25) is 0 Å². The van der Waals surface area contributed by atoms with Gasteiger partial charge in [-0.05, 0) is 33.0 Å². The first-order valence-electron chi connectivity index (χ1n) is 4.80. The van der Waals surface area contributed by atoms with Crippen LogP contribution in [0, 0.1) is 0 Å². The lowest BCUT2D eigenvalue weighted by molar-refractivity contribution is 0.253. The number of nitrogens with zero attached hydrogens (tertiary/aromatic N) is 4. The molecule has 0 bridgehead atoms. The van der Waals surface area contributed by atoms with Crippen LogP contribution in [0.25, 0.3) is 0 Å². The molecule has 1 saturated heterocycles. The number of rotatable bonds is 1. The summed E-state index contributed by atoms with van der Waals surface area (Å²) in [5.41, 5.74) is 1.16. The molecule has 13 heavy (non-hydrogen) atoms. The Kier molecular flexibility index (Phi) is 2.31. The summed E-state index contributed by atoms with van der Waals surface area (Å²) < 4.78 is 1.79. The average Bonchev–Trinajstić information content (AvgIpc) is 2.53. The van der Waals surface area contributed by atoms with Crippen LogP contribution in [0.4, 0.5) is 0 Å². The third kappa shape index (κ3) is 1.88. The van der Waals surface area contributed by atoms with Gasteiger partial charge in [-0.2, -0.15) is 0 Å². The monoisotopic (exact) mass is 180 g/mol. The Balaban J connectivity index is 2.02. The van der Waals surface area contributed by atoms with E-state index in [1.54, 1.807) is 4.68 Å². The second-order valence-electron chi connectivity index (χ2n) is 3.89. The van der Waals surface area contributed by atoms with Gasteiger partial charge in [0, 0.05) is 19.2 Å². The molecule has 0 amide bonds. The van der Waals surface area contributed by atoms with Gasteiger partial charge in [0.1, 0.15) is 0 Å². The standard InChI is InChI=1S/C9H16N4/c1-12-5-3-8(4-6-12)9-7-13(2)11-10-9/h7-8H,3-6H2,1-2H3. The molecule has 0 saturated carbocycles. The molecule has 0 radical (unpaired) electrons. The van der Waals surface area contributed by atoms with Gasteiger partial charge in [-0.15, -0.1) is 5.10 Å². The van der Waals surface area contributed by atoms with Gasteiger partial charge in [0.15, 0.2) is 0 Å². The molecule has 0 aromatic carbocycles. The fourth-order valence-electron chi connectivity index (χ4n) is 1.86. The Bertz CT molecular complexity index is 273. The van der Waals surface area contributed by atoms with E-state index in [4.69, 9.17) is 0 Å². The Morgan fingerprint density at radius 1 is 1.31 bits per heavy atom. The van der Waals surface area contributed by atoms with Crippen molar-refractivity contribution in [3.63, 3.8) is 0 Å². The van der Waals surface area contributed by atoms with Crippen LogP contribution >= 0.6 is 0 Å². The maximum atomic E-state index is 4.16. The molecule has 0 aliphatic carbocycles. The van der Waals surface area contributed by atoms with Crippen molar-refractivity contribution >= 4 is 0 Å². The molecule has 1 aliphatic heterocycles. The van der Waals surface area contributed by atoms with E-state index in [-0.39, 0.29) is 0 Å². The van der Waals surface area contributed by atoms with Crippen molar-refractivity contribution in [2.45, 2.75) is 18.8 Å². The van der Waals surface area contributed by atoms with Crippen LogP contribution in [0.5, 0.6) is 0 Å². The summed E-state index contributed by atoms with van der Waals surface area (Å²) in [5, 5.41) is 8.12. The van der Waals surface area contributed by atoms with Gasteiger partial charge in [0.2, 0.25) is 0 Å². The molecule has 72 valence electrons. The lowest BCUT2D eigenvalue weighted by Gasteiger charge is -2.27. The maximum absolute atomic E-state index is 4.16. The molecule has 1 aliphatic rings. The van der Waals surface area contributed by atoms with Gasteiger partial charge < -0.3 is 4.90 Å². The van der Waals surface area contributed by atoms with Gasteiger partial charge in [-0.1, -0.05) is 5.21 Å². The van der Waals surface area contributed by atoms with E-state index in [1.807, 2.05) is 13.2 Å². The zero-order valence-corrected chi connectivity index (χ0v) is 8.27. The summed E-state index contributed by atoms with van der Waals surface area (Å²) in [6.45, 7) is 2.36. The minimum absolute atomic E-state index is 0.630. The number of hydrogen-bond acceptors (Lipinski definition) is 3. The molecule has 1 aromatic rings. The SMILES string of the molecule is CN1CCC(c2cn(C)nn2)CC1. The van der Waals surface area contributed by atoms with Gasteiger partial charge >= 0.3 is 0 Å². The second kappa shape index (κ2) is 3.46. The largest absolute Gasteiger partial charge is 0.306 e. The predicted octanol–water partition coefficient (Wildman–Crippen LogP) is 0.624. The van der Waals surface area contributed by atoms with Crippen LogP contribution in [0.15, 0.2) is 6.20 Å². The van der Waals surface area contributed by atoms with E-state index >= 15 is 0 Å². The number of likely N-dealkylation sites (tertiary alicyclic amines) is 1. The fourth-order valence-corrected chi connectivity index (χ4v) is 1.86. The van der Waals surface area contributed by atoms with E-state index in [0.29, 0.717) is 5.92 Å². The van der Waals surface area contributed by atoms with Crippen molar-refractivity contribution in [3.05, 3.63) is 11.9 Å². The fraction of sp³-hybridized carbons (Fsp3) is 0.778. The van der Waals surface area contributed by atoms with Gasteiger partial charge in [-0.3, -0.25) is 4.68 Å². The summed E-state index contributed by atoms with van der Waals surface area (Å²) in [6, 6.07) is 0. The smallest absolute Gasteiger partial charge is 0.0858 e. The molecule has 0 spiro atoms. The van der Waals surface area contributed by atoms with Gasteiger partial charge in [0.05, 0.1) is 5.69 Å². The first-order valence-corrected chi connectivity index (χ1v) is 4.80. The molecule has 2 rings (SSSR count).